The van der Waals surface area contributed by atoms with E-state index in [1.807, 2.05) is 6.92 Å². The molecule has 1 aromatic heterocycles. The highest BCUT2D eigenvalue weighted by Gasteiger charge is 2.03. The van der Waals surface area contributed by atoms with Crippen molar-refractivity contribution < 1.29 is 8.76 Å². The first-order valence-corrected chi connectivity index (χ1v) is 4.73. The van der Waals surface area contributed by atoms with Gasteiger partial charge in [0.1, 0.15) is 4.34 Å². The number of aryl methyl sites for hydroxylation is 1. The van der Waals surface area contributed by atoms with E-state index in [0.29, 0.717) is 4.34 Å². The molecule has 0 aromatic carbocycles. The highest BCUT2D eigenvalue weighted by molar-refractivity contribution is 7.79. The van der Waals surface area contributed by atoms with Gasteiger partial charge < -0.3 is 4.55 Å². The van der Waals surface area contributed by atoms with Gasteiger partial charge in [0.25, 0.3) is 0 Å². The normalized spacial score (nSPS) is 13.5. The van der Waals surface area contributed by atoms with Gasteiger partial charge in [-0.3, -0.25) is 4.21 Å². The molecular formula is C5H4ClO2S2-. The zero-order chi connectivity index (χ0) is 7.72. The third-order valence-corrected chi connectivity index (χ3v) is 3.15. The molecule has 0 spiro atoms. The highest BCUT2D eigenvalue weighted by Crippen LogP contribution is 2.28. The van der Waals surface area contributed by atoms with Crippen molar-refractivity contribution in [2.24, 2.45) is 0 Å². The van der Waals surface area contributed by atoms with Gasteiger partial charge in [-0.2, -0.15) is 0 Å². The molecule has 0 aliphatic rings. The third-order valence-electron chi connectivity index (χ3n) is 0.958. The van der Waals surface area contributed by atoms with Crippen LogP contribution in [-0.2, 0) is 11.1 Å². The predicted octanol–water partition coefficient (Wildman–Crippen LogP) is 1.95. The second kappa shape index (κ2) is 3.00. The van der Waals surface area contributed by atoms with Crippen molar-refractivity contribution >= 4 is 34.0 Å². The molecule has 0 radical (unpaired) electrons. The molecule has 0 aliphatic heterocycles. The van der Waals surface area contributed by atoms with Gasteiger partial charge in [-0.1, -0.05) is 11.6 Å². The summed E-state index contributed by atoms with van der Waals surface area (Å²) in [6, 6.07) is 1.55. The minimum absolute atomic E-state index is 0.198. The Bertz CT molecular complexity index is 269. The molecule has 5 heteroatoms. The van der Waals surface area contributed by atoms with Crippen LogP contribution in [0.5, 0.6) is 0 Å². The van der Waals surface area contributed by atoms with E-state index in [-0.39, 0.29) is 4.90 Å². The minimum atomic E-state index is -2.19. The van der Waals surface area contributed by atoms with Crippen LogP contribution in [-0.4, -0.2) is 8.76 Å². The average molecular weight is 196 g/mol. The first-order chi connectivity index (χ1) is 4.61. The van der Waals surface area contributed by atoms with Crippen molar-refractivity contribution in [2.75, 3.05) is 0 Å². The number of thiophene rings is 1. The lowest BCUT2D eigenvalue weighted by molar-refractivity contribution is 0.537. The van der Waals surface area contributed by atoms with E-state index >= 15 is 0 Å². The molecule has 0 aliphatic carbocycles. The average Bonchev–Trinajstić information content (AvgIpc) is 2.10. The smallest absolute Gasteiger partial charge is 0.108 e. The predicted molar refractivity (Wildman–Crippen MR) is 41.3 cm³/mol. The second-order valence-electron chi connectivity index (χ2n) is 1.73. The third kappa shape index (κ3) is 1.58. The lowest BCUT2D eigenvalue weighted by Gasteiger charge is -1.99. The van der Waals surface area contributed by atoms with Crippen molar-refractivity contribution in [2.45, 2.75) is 11.8 Å². The van der Waals surface area contributed by atoms with E-state index in [1.165, 1.54) is 11.3 Å². The largest absolute Gasteiger partial charge is 0.768 e. The van der Waals surface area contributed by atoms with Gasteiger partial charge in [0, 0.05) is 4.88 Å². The molecule has 0 saturated heterocycles. The molecule has 56 valence electrons. The van der Waals surface area contributed by atoms with Crippen molar-refractivity contribution in [1.82, 2.24) is 0 Å². The molecule has 1 atom stereocenters. The molecular weight excluding hydrogens is 192 g/mol. The Kier molecular flexibility index (Phi) is 2.46. The Balaban J connectivity index is 3.15. The molecule has 1 unspecified atom stereocenters. The van der Waals surface area contributed by atoms with E-state index in [2.05, 4.69) is 0 Å². The summed E-state index contributed by atoms with van der Waals surface area (Å²) >= 11 is 4.64. The Morgan fingerprint density at radius 3 is 2.60 bits per heavy atom. The van der Waals surface area contributed by atoms with Crippen molar-refractivity contribution in [3.63, 3.8) is 0 Å². The number of rotatable bonds is 1. The van der Waals surface area contributed by atoms with Crippen LogP contribution in [0.1, 0.15) is 4.88 Å². The van der Waals surface area contributed by atoms with Gasteiger partial charge >= 0.3 is 0 Å². The van der Waals surface area contributed by atoms with Gasteiger partial charge in [0.2, 0.25) is 0 Å². The molecule has 10 heavy (non-hydrogen) atoms. The standard InChI is InChI=1S/C5H5ClO2S2/c1-3-2-4(10(7)8)5(6)9-3/h2H,1H3,(H,7,8)/p-1. The first kappa shape index (κ1) is 8.20. The quantitative estimate of drug-likeness (QED) is 0.643. The first-order valence-electron chi connectivity index (χ1n) is 2.46. The molecule has 1 heterocycles. The van der Waals surface area contributed by atoms with Crippen LogP contribution in [0.3, 0.4) is 0 Å². The van der Waals surface area contributed by atoms with Gasteiger partial charge in [0.05, 0.1) is 4.90 Å². The summed E-state index contributed by atoms with van der Waals surface area (Å²) in [4.78, 5) is 1.10. The summed E-state index contributed by atoms with van der Waals surface area (Å²) in [5.41, 5.74) is 0. The Hall–Kier alpha value is 0.1000. The lowest BCUT2D eigenvalue weighted by atomic mass is 10.5. The SMILES string of the molecule is Cc1cc(S(=O)[O-])c(Cl)s1. The van der Waals surface area contributed by atoms with Gasteiger partial charge in [0.15, 0.2) is 0 Å². The van der Waals surface area contributed by atoms with Gasteiger partial charge in [-0.15, -0.1) is 11.3 Å². The maximum absolute atomic E-state index is 10.4. The van der Waals surface area contributed by atoms with Crippen LogP contribution < -0.4 is 0 Å². The molecule has 0 bridgehead atoms. The van der Waals surface area contributed by atoms with E-state index in [4.69, 9.17) is 11.6 Å². The fourth-order valence-corrected chi connectivity index (χ4v) is 2.61. The number of halogens is 1. The Morgan fingerprint density at radius 1 is 1.80 bits per heavy atom. The summed E-state index contributed by atoms with van der Waals surface area (Å²) in [7, 11) is 0. The van der Waals surface area contributed by atoms with E-state index in [9.17, 15) is 8.76 Å². The summed E-state index contributed by atoms with van der Waals surface area (Å²) in [5, 5.41) is 0. The number of hydrogen-bond donors (Lipinski definition) is 0. The molecule has 0 saturated carbocycles. The topological polar surface area (TPSA) is 40.1 Å². The second-order valence-corrected chi connectivity index (χ2v) is 4.50. The maximum atomic E-state index is 10.4. The molecule has 2 nitrogen and oxygen atoms in total. The molecule has 0 fully saturated rings. The Labute approximate surface area is 70.1 Å². The molecule has 0 N–H and O–H groups in total. The van der Waals surface area contributed by atoms with Crippen molar-refractivity contribution in [3.8, 4) is 0 Å². The van der Waals surface area contributed by atoms with Crippen LogP contribution in [0.15, 0.2) is 11.0 Å². The van der Waals surface area contributed by atoms with Gasteiger partial charge in [-0.05, 0) is 24.1 Å². The van der Waals surface area contributed by atoms with Crippen LogP contribution in [0.4, 0.5) is 0 Å². The maximum Gasteiger partial charge on any atom is 0.108 e. The van der Waals surface area contributed by atoms with Crippen LogP contribution in [0.25, 0.3) is 0 Å². The zero-order valence-corrected chi connectivity index (χ0v) is 7.48. The van der Waals surface area contributed by atoms with E-state index in [1.54, 1.807) is 6.07 Å². The zero-order valence-electron chi connectivity index (χ0n) is 5.09. The summed E-state index contributed by atoms with van der Waals surface area (Å²) < 4.78 is 21.1. The fourth-order valence-electron chi connectivity index (χ4n) is 0.576. The van der Waals surface area contributed by atoms with Crippen LogP contribution >= 0.6 is 22.9 Å². The van der Waals surface area contributed by atoms with Gasteiger partial charge in [-0.25, -0.2) is 0 Å². The number of hydrogen-bond acceptors (Lipinski definition) is 3. The summed E-state index contributed by atoms with van der Waals surface area (Å²) in [6.45, 7) is 1.81. The molecule has 0 amide bonds. The Morgan fingerprint density at radius 2 is 2.40 bits per heavy atom. The summed E-state index contributed by atoms with van der Waals surface area (Å²) in [6.07, 6.45) is 0. The lowest BCUT2D eigenvalue weighted by Crippen LogP contribution is -1.84. The highest BCUT2D eigenvalue weighted by atomic mass is 35.5. The van der Waals surface area contributed by atoms with Crippen LogP contribution in [0, 0.1) is 6.92 Å². The van der Waals surface area contributed by atoms with Crippen molar-refractivity contribution in [1.29, 1.82) is 0 Å². The van der Waals surface area contributed by atoms with Crippen LogP contribution in [0.2, 0.25) is 4.34 Å². The van der Waals surface area contributed by atoms with E-state index < -0.39 is 11.1 Å². The fraction of sp³-hybridized carbons (Fsp3) is 0.200. The van der Waals surface area contributed by atoms with Crippen molar-refractivity contribution in [3.05, 3.63) is 15.3 Å². The minimum Gasteiger partial charge on any atom is -0.768 e. The summed E-state index contributed by atoms with van der Waals surface area (Å²) in [5.74, 6) is 0. The molecule has 1 rings (SSSR count). The molecule has 1 aromatic rings. The monoisotopic (exact) mass is 195 g/mol. The van der Waals surface area contributed by atoms with E-state index in [0.717, 1.165) is 4.88 Å².